The lowest BCUT2D eigenvalue weighted by molar-refractivity contribution is 0.103. The van der Waals surface area contributed by atoms with Crippen LogP contribution in [0.15, 0.2) is 40.9 Å². The Labute approximate surface area is 122 Å². The van der Waals surface area contributed by atoms with E-state index in [4.69, 9.17) is 0 Å². The summed E-state index contributed by atoms with van der Waals surface area (Å²) < 4.78 is 0.891. The second kappa shape index (κ2) is 5.70. The first kappa shape index (κ1) is 14.0. The zero-order valence-electron chi connectivity index (χ0n) is 11.5. The predicted molar refractivity (Wildman–Crippen MR) is 82.9 cm³/mol. The van der Waals surface area contributed by atoms with Crippen LogP contribution in [-0.2, 0) is 6.42 Å². The first-order chi connectivity index (χ1) is 9.02. The quantitative estimate of drug-likeness (QED) is 0.739. The molecule has 0 amide bonds. The monoisotopic (exact) mass is 316 g/mol. The molecule has 0 atom stereocenters. The Kier molecular flexibility index (Phi) is 4.20. The highest BCUT2D eigenvalue weighted by Crippen LogP contribution is 2.25. The van der Waals surface area contributed by atoms with Crippen LogP contribution in [-0.4, -0.2) is 5.78 Å². The summed E-state index contributed by atoms with van der Waals surface area (Å²) in [4.78, 5) is 12.5. The average molecular weight is 317 g/mol. The molecule has 0 saturated heterocycles. The molecule has 2 rings (SSSR count). The van der Waals surface area contributed by atoms with Crippen molar-refractivity contribution in [2.75, 3.05) is 0 Å². The lowest BCUT2D eigenvalue weighted by Crippen LogP contribution is -2.04. The molecule has 2 aromatic carbocycles. The van der Waals surface area contributed by atoms with E-state index in [0.29, 0.717) is 0 Å². The van der Waals surface area contributed by atoms with E-state index in [-0.39, 0.29) is 5.78 Å². The third kappa shape index (κ3) is 2.95. The summed E-state index contributed by atoms with van der Waals surface area (Å²) in [6, 6.07) is 11.9. The first-order valence-corrected chi connectivity index (χ1v) is 7.22. The zero-order chi connectivity index (χ0) is 14.0. The van der Waals surface area contributed by atoms with Gasteiger partial charge in [-0.2, -0.15) is 0 Å². The number of ketones is 1. The van der Waals surface area contributed by atoms with Gasteiger partial charge in [-0.15, -0.1) is 0 Å². The van der Waals surface area contributed by atoms with E-state index in [2.05, 4.69) is 28.9 Å². The molecule has 0 N–H and O–H groups in total. The third-order valence-electron chi connectivity index (χ3n) is 3.27. The summed E-state index contributed by atoms with van der Waals surface area (Å²) in [7, 11) is 0. The van der Waals surface area contributed by atoms with Gasteiger partial charge in [-0.3, -0.25) is 4.79 Å². The highest BCUT2D eigenvalue weighted by Gasteiger charge is 2.14. The van der Waals surface area contributed by atoms with Crippen LogP contribution in [0.1, 0.15) is 39.5 Å². The maximum absolute atomic E-state index is 12.5. The fraction of sp³-hybridized carbons (Fsp3) is 0.235. The van der Waals surface area contributed by atoms with Crippen molar-refractivity contribution in [3.05, 3.63) is 68.7 Å². The van der Waals surface area contributed by atoms with Crippen molar-refractivity contribution < 1.29 is 4.79 Å². The maximum Gasteiger partial charge on any atom is 0.194 e. The first-order valence-electron chi connectivity index (χ1n) is 6.43. The van der Waals surface area contributed by atoms with Crippen LogP contribution in [0.5, 0.6) is 0 Å². The van der Waals surface area contributed by atoms with Gasteiger partial charge in [0, 0.05) is 15.6 Å². The van der Waals surface area contributed by atoms with Gasteiger partial charge in [0.05, 0.1) is 0 Å². The maximum atomic E-state index is 12.5. The molecule has 19 heavy (non-hydrogen) atoms. The minimum atomic E-state index is 0.0707. The van der Waals surface area contributed by atoms with Gasteiger partial charge in [0.2, 0.25) is 0 Å². The standard InChI is InChI=1S/C17H17BrO/c1-4-13-5-7-14(8-6-13)17(19)15-10-11(2)9-12(3)16(15)18/h5-10H,4H2,1-3H3. The molecule has 0 radical (unpaired) electrons. The van der Waals surface area contributed by atoms with Gasteiger partial charge in [0.25, 0.3) is 0 Å². The van der Waals surface area contributed by atoms with Crippen molar-refractivity contribution in [2.45, 2.75) is 27.2 Å². The van der Waals surface area contributed by atoms with Crippen LogP contribution in [0.2, 0.25) is 0 Å². The number of rotatable bonds is 3. The van der Waals surface area contributed by atoms with E-state index in [1.54, 1.807) is 0 Å². The molecule has 0 spiro atoms. The minimum Gasteiger partial charge on any atom is -0.289 e. The van der Waals surface area contributed by atoms with Gasteiger partial charge in [-0.25, -0.2) is 0 Å². The fourth-order valence-corrected chi connectivity index (χ4v) is 2.57. The van der Waals surface area contributed by atoms with Gasteiger partial charge in [0.15, 0.2) is 5.78 Å². The second-order valence-electron chi connectivity index (χ2n) is 4.82. The van der Waals surface area contributed by atoms with E-state index in [0.717, 1.165) is 33.1 Å². The Hall–Kier alpha value is -1.41. The predicted octanol–water partition coefficient (Wildman–Crippen LogP) is 4.86. The number of hydrogen-bond acceptors (Lipinski definition) is 1. The van der Waals surface area contributed by atoms with E-state index in [1.165, 1.54) is 5.56 Å². The molecule has 1 nitrogen and oxygen atoms in total. The van der Waals surface area contributed by atoms with E-state index in [1.807, 2.05) is 44.2 Å². The topological polar surface area (TPSA) is 17.1 Å². The minimum absolute atomic E-state index is 0.0707. The number of halogens is 1. The molecule has 0 aliphatic rings. The van der Waals surface area contributed by atoms with Crippen molar-refractivity contribution in [2.24, 2.45) is 0 Å². The van der Waals surface area contributed by atoms with Gasteiger partial charge < -0.3 is 0 Å². The third-order valence-corrected chi connectivity index (χ3v) is 4.32. The average Bonchev–Trinajstić information content (AvgIpc) is 2.42. The molecular formula is C17H17BrO. The van der Waals surface area contributed by atoms with Gasteiger partial charge >= 0.3 is 0 Å². The molecule has 0 unspecified atom stereocenters. The molecule has 98 valence electrons. The Morgan fingerprint density at radius 3 is 2.32 bits per heavy atom. The Morgan fingerprint density at radius 2 is 1.74 bits per heavy atom. The van der Waals surface area contributed by atoms with E-state index in [9.17, 15) is 4.79 Å². The fourth-order valence-electron chi connectivity index (χ4n) is 2.16. The van der Waals surface area contributed by atoms with Crippen molar-refractivity contribution >= 4 is 21.7 Å². The smallest absolute Gasteiger partial charge is 0.194 e. The zero-order valence-corrected chi connectivity index (χ0v) is 13.0. The van der Waals surface area contributed by atoms with Crippen LogP contribution < -0.4 is 0 Å². The Morgan fingerprint density at radius 1 is 1.11 bits per heavy atom. The molecule has 0 saturated carbocycles. The van der Waals surface area contributed by atoms with Crippen molar-refractivity contribution in [1.29, 1.82) is 0 Å². The number of benzene rings is 2. The SMILES string of the molecule is CCc1ccc(C(=O)c2cc(C)cc(C)c2Br)cc1. The summed E-state index contributed by atoms with van der Waals surface area (Å²) in [6.45, 7) is 6.13. The Bertz CT molecular complexity index is 612. The van der Waals surface area contributed by atoms with Crippen molar-refractivity contribution in [3.8, 4) is 0 Å². The van der Waals surface area contributed by atoms with Crippen LogP contribution in [0.4, 0.5) is 0 Å². The summed E-state index contributed by atoms with van der Waals surface area (Å²) in [5.41, 5.74) is 4.92. The summed E-state index contributed by atoms with van der Waals surface area (Å²) in [5, 5.41) is 0. The molecule has 0 fully saturated rings. The lowest BCUT2D eigenvalue weighted by Gasteiger charge is -2.09. The number of hydrogen-bond donors (Lipinski definition) is 0. The molecule has 2 heteroatoms. The summed E-state index contributed by atoms with van der Waals surface area (Å²) in [6.07, 6.45) is 0.988. The second-order valence-corrected chi connectivity index (χ2v) is 5.62. The summed E-state index contributed by atoms with van der Waals surface area (Å²) >= 11 is 3.52. The van der Waals surface area contributed by atoms with Gasteiger partial charge in [-0.1, -0.05) is 42.8 Å². The van der Waals surface area contributed by atoms with Gasteiger partial charge in [0.1, 0.15) is 0 Å². The van der Waals surface area contributed by atoms with Crippen molar-refractivity contribution in [3.63, 3.8) is 0 Å². The van der Waals surface area contributed by atoms with Crippen LogP contribution in [0.3, 0.4) is 0 Å². The van der Waals surface area contributed by atoms with Gasteiger partial charge in [-0.05, 0) is 53.4 Å². The highest BCUT2D eigenvalue weighted by molar-refractivity contribution is 9.10. The lowest BCUT2D eigenvalue weighted by atomic mass is 9.98. The molecule has 0 bridgehead atoms. The van der Waals surface area contributed by atoms with E-state index < -0.39 is 0 Å². The highest BCUT2D eigenvalue weighted by atomic mass is 79.9. The number of carbonyl (C=O) groups is 1. The van der Waals surface area contributed by atoms with Crippen LogP contribution in [0, 0.1) is 13.8 Å². The normalized spacial score (nSPS) is 10.5. The summed E-state index contributed by atoms with van der Waals surface area (Å²) in [5.74, 6) is 0.0707. The van der Waals surface area contributed by atoms with Crippen molar-refractivity contribution in [1.82, 2.24) is 0 Å². The number of carbonyl (C=O) groups excluding carboxylic acids is 1. The molecule has 0 aliphatic heterocycles. The largest absolute Gasteiger partial charge is 0.289 e. The molecule has 2 aromatic rings. The van der Waals surface area contributed by atoms with Crippen LogP contribution in [0.25, 0.3) is 0 Å². The number of aryl methyl sites for hydroxylation is 3. The van der Waals surface area contributed by atoms with Crippen LogP contribution >= 0.6 is 15.9 Å². The molecule has 0 aliphatic carbocycles. The molecule has 0 heterocycles. The van der Waals surface area contributed by atoms with E-state index >= 15 is 0 Å². The Balaban J connectivity index is 2.43. The molecular weight excluding hydrogens is 300 g/mol. The molecule has 0 aromatic heterocycles.